The van der Waals surface area contributed by atoms with Gasteiger partial charge in [0.1, 0.15) is 0 Å². The summed E-state index contributed by atoms with van der Waals surface area (Å²) in [6, 6.07) is 12.0. The summed E-state index contributed by atoms with van der Waals surface area (Å²) < 4.78 is 4.72. The van der Waals surface area contributed by atoms with E-state index in [1.165, 1.54) is 7.11 Å². The molecule has 0 aromatic heterocycles. The van der Waals surface area contributed by atoms with E-state index < -0.39 is 5.97 Å². The standard InChI is InChI=1S/C21H22N2O4/c1-14-6-7-16(21(26)27-2)13-18(14)22-20(25)15-8-10-17(11-9-15)23-12-4-3-5-19(23)24/h6-11,13H,3-5,12H2,1-2H3,(H,22,25). The van der Waals surface area contributed by atoms with Gasteiger partial charge in [-0.15, -0.1) is 0 Å². The lowest BCUT2D eigenvalue weighted by Crippen LogP contribution is -2.35. The Balaban J connectivity index is 1.75. The highest BCUT2D eigenvalue weighted by molar-refractivity contribution is 6.05. The first-order chi connectivity index (χ1) is 13.0. The summed E-state index contributed by atoms with van der Waals surface area (Å²) in [4.78, 5) is 38.0. The van der Waals surface area contributed by atoms with E-state index in [1.807, 2.05) is 6.92 Å². The highest BCUT2D eigenvalue weighted by atomic mass is 16.5. The molecule has 1 N–H and O–H groups in total. The van der Waals surface area contributed by atoms with Crippen molar-refractivity contribution in [3.8, 4) is 0 Å². The summed E-state index contributed by atoms with van der Waals surface area (Å²) in [7, 11) is 1.31. The number of hydrogen-bond acceptors (Lipinski definition) is 4. The zero-order chi connectivity index (χ0) is 19.4. The van der Waals surface area contributed by atoms with Crippen LogP contribution in [0.3, 0.4) is 0 Å². The zero-order valence-electron chi connectivity index (χ0n) is 15.5. The van der Waals surface area contributed by atoms with Crippen LogP contribution in [-0.4, -0.2) is 31.4 Å². The van der Waals surface area contributed by atoms with Crippen molar-refractivity contribution in [1.29, 1.82) is 0 Å². The van der Waals surface area contributed by atoms with Gasteiger partial charge in [-0.25, -0.2) is 4.79 Å². The van der Waals surface area contributed by atoms with E-state index in [4.69, 9.17) is 4.74 Å². The van der Waals surface area contributed by atoms with Gasteiger partial charge in [0, 0.05) is 29.9 Å². The first-order valence-electron chi connectivity index (χ1n) is 8.90. The molecular weight excluding hydrogens is 344 g/mol. The van der Waals surface area contributed by atoms with Crippen LogP contribution in [0.25, 0.3) is 0 Å². The van der Waals surface area contributed by atoms with E-state index in [9.17, 15) is 14.4 Å². The molecule has 2 aromatic rings. The summed E-state index contributed by atoms with van der Waals surface area (Å²) in [5.41, 5.74) is 3.05. The fourth-order valence-electron chi connectivity index (χ4n) is 3.07. The maximum Gasteiger partial charge on any atom is 0.337 e. The number of rotatable bonds is 4. The molecule has 1 saturated heterocycles. The number of piperidine rings is 1. The molecule has 27 heavy (non-hydrogen) atoms. The molecule has 6 heteroatoms. The van der Waals surface area contributed by atoms with Crippen LogP contribution in [0.4, 0.5) is 11.4 Å². The Morgan fingerprint density at radius 1 is 1.04 bits per heavy atom. The van der Waals surface area contributed by atoms with Gasteiger partial charge in [-0.2, -0.15) is 0 Å². The van der Waals surface area contributed by atoms with Crippen LogP contribution < -0.4 is 10.2 Å². The minimum absolute atomic E-state index is 0.119. The van der Waals surface area contributed by atoms with E-state index in [1.54, 1.807) is 47.4 Å². The van der Waals surface area contributed by atoms with E-state index in [0.29, 0.717) is 29.8 Å². The second-order valence-electron chi connectivity index (χ2n) is 6.52. The van der Waals surface area contributed by atoms with Crippen LogP contribution in [0.5, 0.6) is 0 Å². The second-order valence-corrected chi connectivity index (χ2v) is 6.52. The van der Waals surface area contributed by atoms with E-state index >= 15 is 0 Å². The third-order valence-corrected chi connectivity index (χ3v) is 4.67. The number of nitrogens with zero attached hydrogens (tertiary/aromatic N) is 1. The Labute approximate surface area is 158 Å². The summed E-state index contributed by atoms with van der Waals surface area (Å²) >= 11 is 0. The molecule has 0 spiro atoms. The highest BCUT2D eigenvalue weighted by Crippen LogP contribution is 2.22. The number of esters is 1. The molecule has 0 unspecified atom stereocenters. The number of amides is 2. The van der Waals surface area contributed by atoms with Crippen LogP contribution in [0.2, 0.25) is 0 Å². The van der Waals surface area contributed by atoms with Gasteiger partial charge in [0.2, 0.25) is 5.91 Å². The lowest BCUT2D eigenvalue weighted by atomic mass is 10.1. The number of ether oxygens (including phenoxy) is 1. The van der Waals surface area contributed by atoms with Gasteiger partial charge in [-0.3, -0.25) is 9.59 Å². The predicted molar refractivity (Wildman–Crippen MR) is 103 cm³/mol. The fourth-order valence-corrected chi connectivity index (χ4v) is 3.07. The first kappa shape index (κ1) is 18.6. The number of hydrogen-bond donors (Lipinski definition) is 1. The van der Waals surface area contributed by atoms with Crippen LogP contribution in [-0.2, 0) is 9.53 Å². The van der Waals surface area contributed by atoms with Crippen LogP contribution >= 0.6 is 0 Å². The minimum Gasteiger partial charge on any atom is -0.465 e. The van der Waals surface area contributed by atoms with Crippen molar-refractivity contribution in [3.63, 3.8) is 0 Å². The third kappa shape index (κ3) is 4.16. The van der Waals surface area contributed by atoms with Gasteiger partial charge < -0.3 is 15.0 Å². The Kier molecular flexibility index (Phi) is 5.54. The topological polar surface area (TPSA) is 75.7 Å². The molecule has 1 aliphatic heterocycles. The average Bonchev–Trinajstić information content (AvgIpc) is 2.69. The maximum atomic E-state index is 12.6. The van der Waals surface area contributed by atoms with Gasteiger partial charge >= 0.3 is 5.97 Å². The molecule has 1 heterocycles. The smallest absolute Gasteiger partial charge is 0.337 e. The summed E-state index contributed by atoms with van der Waals surface area (Å²) in [5.74, 6) is -0.619. The number of methoxy groups -OCH3 is 1. The summed E-state index contributed by atoms with van der Waals surface area (Å²) in [6.07, 6.45) is 2.49. The number of aryl methyl sites for hydroxylation is 1. The Hall–Kier alpha value is -3.15. The Morgan fingerprint density at radius 2 is 1.74 bits per heavy atom. The lowest BCUT2D eigenvalue weighted by Gasteiger charge is -2.26. The number of carbonyl (C=O) groups is 3. The third-order valence-electron chi connectivity index (χ3n) is 4.67. The fraction of sp³-hybridized carbons (Fsp3) is 0.286. The normalized spacial score (nSPS) is 14.0. The van der Waals surface area contributed by atoms with Crippen molar-refractivity contribution in [2.45, 2.75) is 26.2 Å². The second kappa shape index (κ2) is 8.03. The zero-order valence-corrected chi connectivity index (χ0v) is 15.5. The number of benzene rings is 2. The van der Waals surface area contributed by atoms with Gasteiger partial charge in [0.05, 0.1) is 12.7 Å². The van der Waals surface area contributed by atoms with Crippen LogP contribution in [0, 0.1) is 6.92 Å². The average molecular weight is 366 g/mol. The van der Waals surface area contributed by atoms with Gasteiger partial charge in [-0.05, 0) is 61.7 Å². The molecule has 3 rings (SSSR count). The SMILES string of the molecule is COC(=O)c1ccc(C)c(NC(=O)c2ccc(N3CCCCC3=O)cc2)c1. The predicted octanol–water partition coefficient (Wildman–Crippen LogP) is 3.55. The Bertz CT molecular complexity index is 874. The van der Waals surface area contributed by atoms with E-state index in [-0.39, 0.29) is 11.8 Å². The van der Waals surface area contributed by atoms with Crippen molar-refractivity contribution < 1.29 is 19.1 Å². The minimum atomic E-state index is -0.457. The lowest BCUT2D eigenvalue weighted by molar-refractivity contribution is -0.119. The molecule has 2 aromatic carbocycles. The van der Waals surface area contributed by atoms with Gasteiger partial charge in [-0.1, -0.05) is 6.07 Å². The molecule has 1 aliphatic rings. The molecule has 0 aliphatic carbocycles. The number of nitrogens with one attached hydrogen (secondary N) is 1. The van der Waals surface area contributed by atoms with E-state index in [0.717, 1.165) is 24.1 Å². The molecule has 140 valence electrons. The van der Waals surface area contributed by atoms with Gasteiger partial charge in [0.15, 0.2) is 0 Å². The molecule has 0 saturated carbocycles. The molecule has 6 nitrogen and oxygen atoms in total. The number of anilines is 2. The molecular formula is C21H22N2O4. The van der Waals surface area contributed by atoms with Crippen molar-refractivity contribution in [3.05, 3.63) is 59.2 Å². The van der Waals surface area contributed by atoms with Crippen molar-refractivity contribution >= 4 is 29.2 Å². The Morgan fingerprint density at radius 3 is 2.41 bits per heavy atom. The van der Waals surface area contributed by atoms with Crippen molar-refractivity contribution in [2.24, 2.45) is 0 Å². The monoisotopic (exact) mass is 366 g/mol. The molecule has 0 radical (unpaired) electrons. The number of carbonyl (C=O) groups excluding carboxylic acids is 3. The molecule has 2 amide bonds. The maximum absolute atomic E-state index is 12.6. The molecule has 1 fully saturated rings. The van der Waals surface area contributed by atoms with Crippen molar-refractivity contribution in [2.75, 3.05) is 23.9 Å². The highest BCUT2D eigenvalue weighted by Gasteiger charge is 2.20. The van der Waals surface area contributed by atoms with Gasteiger partial charge in [0.25, 0.3) is 5.91 Å². The summed E-state index contributed by atoms with van der Waals surface area (Å²) in [5, 5.41) is 2.83. The van der Waals surface area contributed by atoms with Crippen LogP contribution in [0.15, 0.2) is 42.5 Å². The summed E-state index contributed by atoms with van der Waals surface area (Å²) in [6.45, 7) is 2.56. The first-order valence-corrected chi connectivity index (χ1v) is 8.90. The van der Waals surface area contributed by atoms with Crippen molar-refractivity contribution in [1.82, 2.24) is 0 Å². The largest absolute Gasteiger partial charge is 0.465 e. The molecule has 0 bridgehead atoms. The quantitative estimate of drug-likeness (QED) is 0.840. The van der Waals surface area contributed by atoms with Crippen LogP contribution in [0.1, 0.15) is 45.5 Å². The van der Waals surface area contributed by atoms with E-state index in [2.05, 4.69) is 5.32 Å². The molecule has 0 atom stereocenters.